The highest BCUT2D eigenvalue weighted by Crippen LogP contribution is 2.36. The largest absolute Gasteiger partial charge is 0.487 e. The Bertz CT molecular complexity index is 582. The summed E-state index contributed by atoms with van der Waals surface area (Å²) in [6.07, 6.45) is 2.22. The topological polar surface area (TPSA) is 131 Å². The molecular weight excluding hydrogens is 454 g/mol. The minimum absolute atomic E-state index is 0.0625. The molecule has 1 heterocycles. The van der Waals surface area contributed by atoms with Crippen LogP contribution in [0.1, 0.15) is 53.5 Å². The lowest BCUT2D eigenvalue weighted by Gasteiger charge is -2.16. The molecule has 1 aliphatic rings. The van der Waals surface area contributed by atoms with Gasteiger partial charge in [0.25, 0.3) is 0 Å². The van der Waals surface area contributed by atoms with E-state index in [1.54, 1.807) is 0 Å². The number of rotatable bonds is 0. The normalized spacial score (nSPS) is 13.5. The number of benzene rings is 1. The van der Waals surface area contributed by atoms with Crippen LogP contribution in [0.5, 0.6) is 5.75 Å². The SMILES string of the molecule is CC.CC1(C)Cc2ccc(Cl)cc2O1.CCC.OP(O)(O)=S.OP(O)(O)=S. The molecular formula is C15H31ClO7P2S2. The second kappa shape index (κ2) is 15.2. The van der Waals surface area contributed by atoms with Crippen molar-refractivity contribution in [1.82, 2.24) is 0 Å². The van der Waals surface area contributed by atoms with E-state index in [1.807, 2.05) is 32.0 Å². The lowest BCUT2D eigenvalue weighted by molar-refractivity contribution is 0.138. The van der Waals surface area contributed by atoms with E-state index in [0.29, 0.717) is 0 Å². The molecule has 27 heavy (non-hydrogen) atoms. The van der Waals surface area contributed by atoms with Crippen LogP contribution in [0.3, 0.4) is 0 Å². The fourth-order valence-electron chi connectivity index (χ4n) is 1.56. The molecule has 162 valence electrons. The first-order valence-corrected chi connectivity index (χ1v) is 13.7. The Morgan fingerprint density at radius 1 is 1.00 bits per heavy atom. The minimum Gasteiger partial charge on any atom is -0.487 e. The van der Waals surface area contributed by atoms with Gasteiger partial charge < -0.3 is 34.1 Å². The summed E-state index contributed by atoms with van der Waals surface area (Å²) in [5.74, 6) is 0.938. The summed E-state index contributed by atoms with van der Waals surface area (Å²) in [4.78, 5) is 45.3. The molecule has 0 spiro atoms. The summed E-state index contributed by atoms with van der Waals surface area (Å²) in [6, 6.07) is 5.82. The second-order valence-corrected chi connectivity index (χ2v) is 11.0. The van der Waals surface area contributed by atoms with Crippen LogP contribution in [0.15, 0.2) is 18.2 Å². The van der Waals surface area contributed by atoms with Gasteiger partial charge in [-0.05, 0) is 55.2 Å². The molecule has 0 bridgehead atoms. The molecule has 0 radical (unpaired) electrons. The summed E-state index contributed by atoms with van der Waals surface area (Å²) >= 11 is 13.0. The number of fused-ring (bicyclic) bond motifs is 1. The predicted molar refractivity (Wildman–Crippen MR) is 119 cm³/mol. The molecule has 2 rings (SSSR count). The van der Waals surface area contributed by atoms with Gasteiger partial charge in [0.2, 0.25) is 0 Å². The maximum atomic E-state index is 7.56. The average Bonchev–Trinajstić information content (AvgIpc) is 2.71. The summed E-state index contributed by atoms with van der Waals surface area (Å²) in [5.41, 5.74) is 1.19. The third-order valence-electron chi connectivity index (χ3n) is 2.03. The van der Waals surface area contributed by atoms with E-state index >= 15 is 0 Å². The Morgan fingerprint density at radius 3 is 1.67 bits per heavy atom. The van der Waals surface area contributed by atoms with E-state index in [0.717, 1.165) is 17.2 Å². The Kier molecular flexibility index (Phi) is 18.1. The van der Waals surface area contributed by atoms with Gasteiger partial charge >= 0.3 is 13.4 Å². The first-order chi connectivity index (χ1) is 12.0. The van der Waals surface area contributed by atoms with Gasteiger partial charge in [0.15, 0.2) is 0 Å². The van der Waals surface area contributed by atoms with E-state index < -0.39 is 13.4 Å². The van der Waals surface area contributed by atoms with Gasteiger partial charge in [0.05, 0.1) is 0 Å². The van der Waals surface area contributed by atoms with Gasteiger partial charge in [0.1, 0.15) is 11.4 Å². The van der Waals surface area contributed by atoms with Crippen LogP contribution in [-0.2, 0) is 30.0 Å². The molecule has 7 nitrogen and oxygen atoms in total. The van der Waals surface area contributed by atoms with Gasteiger partial charge in [-0.3, -0.25) is 0 Å². The van der Waals surface area contributed by atoms with Gasteiger partial charge in [0, 0.05) is 11.4 Å². The quantitative estimate of drug-likeness (QED) is 0.304. The average molecular weight is 485 g/mol. The zero-order valence-electron chi connectivity index (χ0n) is 16.3. The molecule has 1 aliphatic heterocycles. The second-order valence-electron chi connectivity index (χ2n) is 5.52. The highest BCUT2D eigenvalue weighted by molar-refractivity contribution is 8.06. The Labute approximate surface area is 177 Å². The van der Waals surface area contributed by atoms with Crippen LogP contribution in [0.4, 0.5) is 0 Å². The van der Waals surface area contributed by atoms with Crippen molar-refractivity contribution in [2.75, 3.05) is 0 Å². The number of ether oxygens (including phenoxy) is 1. The monoisotopic (exact) mass is 484 g/mol. The van der Waals surface area contributed by atoms with Gasteiger partial charge in [-0.25, -0.2) is 0 Å². The Balaban J connectivity index is -0.000000325. The van der Waals surface area contributed by atoms with Gasteiger partial charge in [-0.15, -0.1) is 0 Å². The predicted octanol–water partition coefficient (Wildman–Crippen LogP) is 3.87. The fourth-order valence-corrected chi connectivity index (χ4v) is 1.72. The molecule has 0 amide bonds. The molecule has 0 unspecified atom stereocenters. The van der Waals surface area contributed by atoms with Crippen molar-refractivity contribution in [2.24, 2.45) is 0 Å². The van der Waals surface area contributed by atoms with Crippen molar-refractivity contribution in [3.8, 4) is 5.75 Å². The number of halogens is 1. The lowest BCUT2D eigenvalue weighted by Crippen LogP contribution is -2.24. The zero-order chi connectivity index (χ0) is 22.5. The first-order valence-electron chi connectivity index (χ1n) is 8.02. The smallest absolute Gasteiger partial charge is 0.319 e. The van der Waals surface area contributed by atoms with E-state index in [4.69, 9.17) is 45.7 Å². The zero-order valence-corrected chi connectivity index (χ0v) is 20.5. The van der Waals surface area contributed by atoms with Crippen molar-refractivity contribution < 1.29 is 34.1 Å². The molecule has 6 N–H and O–H groups in total. The van der Waals surface area contributed by atoms with E-state index in [1.165, 1.54) is 12.0 Å². The number of hydrogen-bond acceptors (Lipinski definition) is 3. The summed E-state index contributed by atoms with van der Waals surface area (Å²) in [5, 5.41) is 0.742. The molecule has 1 aromatic carbocycles. The number of hydrogen-bond donors (Lipinski definition) is 6. The summed E-state index contributed by atoms with van der Waals surface area (Å²) in [7, 11) is 0. The van der Waals surface area contributed by atoms with Crippen LogP contribution < -0.4 is 4.74 Å². The van der Waals surface area contributed by atoms with Crippen molar-refractivity contribution in [3.63, 3.8) is 0 Å². The summed E-state index contributed by atoms with van der Waals surface area (Å²) < 4.78 is 5.69. The standard InChI is InChI=1S/C10H11ClO.C3H8.C2H6.2H3O3PS/c1-10(2)6-7-3-4-8(11)5-9(7)12-10;1-3-2;1-2;2*1-4(2,3)5/h3-5H,6H2,1-2H3;3H2,1-2H3;1-2H3;2*(H3,1,2,3,5). The van der Waals surface area contributed by atoms with E-state index in [9.17, 15) is 0 Å². The van der Waals surface area contributed by atoms with Crippen LogP contribution in [-0.4, -0.2) is 35.0 Å². The molecule has 1 aromatic rings. The van der Waals surface area contributed by atoms with Crippen molar-refractivity contribution >= 4 is 48.7 Å². The van der Waals surface area contributed by atoms with Crippen LogP contribution in [0.25, 0.3) is 0 Å². The Hall–Kier alpha value is 0.370. The van der Waals surface area contributed by atoms with Crippen molar-refractivity contribution in [3.05, 3.63) is 28.8 Å². The first kappa shape index (κ1) is 32.0. The maximum Gasteiger partial charge on any atom is 0.319 e. The molecule has 0 aromatic heterocycles. The highest BCUT2D eigenvalue weighted by Gasteiger charge is 2.29. The molecule has 0 atom stereocenters. The van der Waals surface area contributed by atoms with Crippen LogP contribution in [0, 0.1) is 0 Å². The molecule has 0 fully saturated rings. The van der Waals surface area contributed by atoms with E-state index in [-0.39, 0.29) is 5.60 Å². The van der Waals surface area contributed by atoms with Crippen molar-refractivity contribution in [2.45, 2.75) is 60.0 Å². The van der Waals surface area contributed by atoms with Gasteiger partial charge in [-0.1, -0.05) is 51.8 Å². The highest BCUT2D eigenvalue weighted by atomic mass is 35.5. The fraction of sp³-hybridized carbons (Fsp3) is 0.600. The Morgan fingerprint density at radius 2 is 1.33 bits per heavy atom. The third kappa shape index (κ3) is 28.7. The van der Waals surface area contributed by atoms with Gasteiger partial charge in [-0.2, -0.15) is 0 Å². The third-order valence-corrected chi connectivity index (χ3v) is 2.27. The maximum absolute atomic E-state index is 7.56. The molecule has 0 aliphatic carbocycles. The van der Waals surface area contributed by atoms with Crippen molar-refractivity contribution in [1.29, 1.82) is 0 Å². The van der Waals surface area contributed by atoms with Crippen LogP contribution in [0.2, 0.25) is 5.02 Å². The molecule has 0 saturated heterocycles. The molecule has 12 heteroatoms. The molecule has 0 saturated carbocycles. The van der Waals surface area contributed by atoms with Crippen LogP contribution >= 0.6 is 25.0 Å². The lowest BCUT2D eigenvalue weighted by atomic mass is 10.0. The summed E-state index contributed by atoms with van der Waals surface area (Å²) in [6.45, 7) is 4.81. The minimum atomic E-state index is -3.81. The van der Waals surface area contributed by atoms with E-state index in [2.05, 4.69) is 51.3 Å².